The zero-order valence-electron chi connectivity index (χ0n) is 11.1. The first-order valence-corrected chi connectivity index (χ1v) is 6.85. The lowest BCUT2D eigenvalue weighted by Gasteiger charge is -2.32. The molecule has 0 saturated heterocycles. The smallest absolute Gasteiger partial charge is 0.00722 e. The van der Waals surface area contributed by atoms with Gasteiger partial charge in [-0.2, -0.15) is 0 Å². The van der Waals surface area contributed by atoms with Crippen LogP contribution in [-0.2, 0) is 0 Å². The van der Waals surface area contributed by atoms with Gasteiger partial charge in [-0.25, -0.2) is 0 Å². The molecule has 0 aromatic heterocycles. The average Bonchev–Trinajstić information content (AvgIpc) is 2.14. The summed E-state index contributed by atoms with van der Waals surface area (Å²) in [4.78, 5) is 0. The van der Waals surface area contributed by atoms with E-state index < -0.39 is 0 Å². The van der Waals surface area contributed by atoms with Gasteiger partial charge in [-0.1, -0.05) is 34.1 Å². The fraction of sp³-hybridized carbons (Fsp3) is 1.00. The molecule has 90 valence electrons. The summed E-state index contributed by atoms with van der Waals surface area (Å²) in [5.41, 5.74) is 0. The minimum absolute atomic E-state index is 0.794. The fourth-order valence-corrected chi connectivity index (χ4v) is 3.08. The molecule has 1 N–H and O–H groups in total. The molecule has 0 bridgehead atoms. The molecule has 0 aromatic carbocycles. The molecule has 1 aliphatic rings. The number of hydrogen-bond donors (Lipinski definition) is 1. The lowest BCUT2D eigenvalue weighted by Crippen LogP contribution is -2.38. The van der Waals surface area contributed by atoms with E-state index in [9.17, 15) is 0 Å². The molecule has 0 heterocycles. The highest BCUT2D eigenvalue weighted by molar-refractivity contribution is 4.79. The van der Waals surface area contributed by atoms with Crippen molar-refractivity contribution in [1.29, 1.82) is 0 Å². The van der Waals surface area contributed by atoms with Crippen LogP contribution in [0.2, 0.25) is 0 Å². The number of rotatable bonds is 5. The SMILES string of the molecule is CCCC(C)CNC1CC(C)CC(C)C1. The highest BCUT2D eigenvalue weighted by Gasteiger charge is 2.23. The average molecular weight is 211 g/mol. The van der Waals surface area contributed by atoms with Crippen molar-refractivity contribution in [3.05, 3.63) is 0 Å². The second kappa shape index (κ2) is 6.52. The second-order valence-electron chi connectivity index (χ2n) is 5.92. The number of hydrogen-bond acceptors (Lipinski definition) is 1. The second-order valence-corrected chi connectivity index (χ2v) is 5.92. The van der Waals surface area contributed by atoms with Crippen molar-refractivity contribution in [2.24, 2.45) is 17.8 Å². The first-order chi connectivity index (χ1) is 7.11. The third-order valence-electron chi connectivity index (χ3n) is 3.71. The normalized spacial score (nSPS) is 34.0. The maximum absolute atomic E-state index is 3.77. The standard InChI is InChI=1S/C14H29N/c1-5-6-11(2)10-15-14-8-12(3)7-13(4)9-14/h11-15H,5-10H2,1-4H3. The molecule has 15 heavy (non-hydrogen) atoms. The lowest BCUT2D eigenvalue weighted by molar-refractivity contribution is 0.232. The molecule has 1 nitrogen and oxygen atoms in total. The summed E-state index contributed by atoms with van der Waals surface area (Å²) < 4.78 is 0. The van der Waals surface area contributed by atoms with Crippen LogP contribution in [-0.4, -0.2) is 12.6 Å². The van der Waals surface area contributed by atoms with E-state index >= 15 is 0 Å². The van der Waals surface area contributed by atoms with E-state index in [1.165, 1.54) is 38.6 Å². The third-order valence-corrected chi connectivity index (χ3v) is 3.71. The molecule has 1 heteroatoms. The maximum Gasteiger partial charge on any atom is 0.00722 e. The quantitative estimate of drug-likeness (QED) is 0.728. The highest BCUT2D eigenvalue weighted by atomic mass is 14.9. The molecule has 0 spiro atoms. The molecule has 0 aliphatic heterocycles. The van der Waals surface area contributed by atoms with Gasteiger partial charge in [-0.3, -0.25) is 0 Å². The first-order valence-electron chi connectivity index (χ1n) is 6.85. The van der Waals surface area contributed by atoms with E-state index in [1.54, 1.807) is 0 Å². The van der Waals surface area contributed by atoms with Gasteiger partial charge in [-0.05, 0) is 50.0 Å². The molecule has 1 saturated carbocycles. The first kappa shape index (κ1) is 13.0. The van der Waals surface area contributed by atoms with E-state index in [0.717, 1.165) is 23.8 Å². The van der Waals surface area contributed by atoms with E-state index in [-0.39, 0.29) is 0 Å². The summed E-state index contributed by atoms with van der Waals surface area (Å²) in [5, 5.41) is 3.77. The van der Waals surface area contributed by atoms with Crippen molar-refractivity contribution in [3.63, 3.8) is 0 Å². The summed E-state index contributed by atoms with van der Waals surface area (Å²) in [5.74, 6) is 2.70. The van der Waals surface area contributed by atoms with Crippen molar-refractivity contribution in [1.82, 2.24) is 5.32 Å². The molecule has 0 radical (unpaired) electrons. The van der Waals surface area contributed by atoms with Crippen molar-refractivity contribution in [2.45, 2.75) is 65.8 Å². The summed E-state index contributed by atoms with van der Waals surface area (Å²) in [7, 11) is 0. The van der Waals surface area contributed by atoms with Crippen LogP contribution >= 0.6 is 0 Å². The summed E-state index contributed by atoms with van der Waals surface area (Å²) >= 11 is 0. The largest absolute Gasteiger partial charge is 0.314 e. The van der Waals surface area contributed by atoms with Gasteiger partial charge in [0.25, 0.3) is 0 Å². The molecule has 3 unspecified atom stereocenters. The fourth-order valence-electron chi connectivity index (χ4n) is 3.08. The zero-order chi connectivity index (χ0) is 11.3. The van der Waals surface area contributed by atoms with E-state index in [1.807, 2.05) is 0 Å². The minimum atomic E-state index is 0.794. The molecule has 1 fully saturated rings. The third kappa shape index (κ3) is 5.01. The van der Waals surface area contributed by atoms with Crippen LogP contribution in [0.4, 0.5) is 0 Å². The lowest BCUT2D eigenvalue weighted by atomic mass is 9.80. The Hall–Kier alpha value is -0.0400. The molecule has 0 amide bonds. The van der Waals surface area contributed by atoms with Crippen LogP contribution in [0.1, 0.15) is 59.8 Å². The Morgan fingerprint density at radius 1 is 1.13 bits per heavy atom. The van der Waals surface area contributed by atoms with Crippen LogP contribution in [0.15, 0.2) is 0 Å². The monoisotopic (exact) mass is 211 g/mol. The Kier molecular flexibility index (Phi) is 5.66. The topological polar surface area (TPSA) is 12.0 Å². The summed E-state index contributed by atoms with van der Waals surface area (Å²) in [6.07, 6.45) is 6.90. The van der Waals surface area contributed by atoms with Crippen LogP contribution < -0.4 is 5.32 Å². The predicted octanol–water partition coefficient (Wildman–Crippen LogP) is 3.84. The van der Waals surface area contributed by atoms with Crippen LogP contribution in [0.5, 0.6) is 0 Å². The minimum Gasteiger partial charge on any atom is -0.314 e. The summed E-state index contributed by atoms with van der Waals surface area (Å²) in [6.45, 7) is 10.7. The molecular formula is C14H29N. The summed E-state index contributed by atoms with van der Waals surface area (Å²) in [6, 6.07) is 0.794. The molecule has 3 atom stereocenters. The van der Waals surface area contributed by atoms with E-state index in [2.05, 4.69) is 33.0 Å². The van der Waals surface area contributed by atoms with Crippen LogP contribution in [0.25, 0.3) is 0 Å². The van der Waals surface area contributed by atoms with E-state index in [4.69, 9.17) is 0 Å². The Balaban J connectivity index is 2.20. The highest BCUT2D eigenvalue weighted by Crippen LogP contribution is 2.28. The van der Waals surface area contributed by atoms with Crippen molar-refractivity contribution >= 4 is 0 Å². The molecular weight excluding hydrogens is 182 g/mol. The number of nitrogens with one attached hydrogen (secondary N) is 1. The Morgan fingerprint density at radius 3 is 2.27 bits per heavy atom. The molecule has 1 rings (SSSR count). The van der Waals surface area contributed by atoms with Crippen molar-refractivity contribution in [2.75, 3.05) is 6.54 Å². The van der Waals surface area contributed by atoms with Gasteiger partial charge in [0.05, 0.1) is 0 Å². The Morgan fingerprint density at radius 2 is 1.73 bits per heavy atom. The molecule has 1 aliphatic carbocycles. The van der Waals surface area contributed by atoms with Gasteiger partial charge >= 0.3 is 0 Å². The van der Waals surface area contributed by atoms with Gasteiger partial charge in [0.15, 0.2) is 0 Å². The van der Waals surface area contributed by atoms with Gasteiger partial charge in [0.2, 0.25) is 0 Å². The predicted molar refractivity (Wildman–Crippen MR) is 68.0 cm³/mol. The van der Waals surface area contributed by atoms with Gasteiger partial charge in [-0.15, -0.1) is 0 Å². The van der Waals surface area contributed by atoms with Crippen molar-refractivity contribution < 1.29 is 0 Å². The van der Waals surface area contributed by atoms with Gasteiger partial charge in [0.1, 0.15) is 0 Å². The van der Waals surface area contributed by atoms with Crippen LogP contribution in [0, 0.1) is 17.8 Å². The van der Waals surface area contributed by atoms with Crippen molar-refractivity contribution in [3.8, 4) is 0 Å². The molecule has 0 aromatic rings. The zero-order valence-corrected chi connectivity index (χ0v) is 11.1. The van der Waals surface area contributed by atoms with Gasteiger partial charge < -0.3 is 5.32 Å². The van der Waals surface area contributed by atoms with Gasteiger partial charge in [0, 0.05) is 6.04 Å². The van der Waals surface area contributed by atoms with Crippen LogP contribution in [0.3, 0.4) is 0 Å². The maximum atomic E-state index is 3.77. The Labute approximate surface area is 96.0 Å². The Bertz CT molecular complexity index is 157. The van der Waals surface area contributed by atoms with E-state index in [0.29, 0.717) is 0 Å².